The Bertz CT molecular complexity index is 1430. The lowest BCUT2D eigenvalue weighted by molar-refractivity contribution is 0.660. The van der Waals surface area contributed by atoms with Crippen molar-refractivity contribution >= 4 is 65.1 Å². The molecule has 6 rings (SSSR count). The van der Waals surface area contributed by atoms with Crippen LogP contribution < -0.4 is 4.90 Å². The van der Waals surface area contributed by atoms with Crippen LogP contribution in [-0.2, 0) is 5.41 Å². The fourth-order valence-electron chi connectivity index (χ4n) is 4.75. The van der Waals surface area contributed by atoms with E-state index in [1.54, 1.807) is 0 Å². The molecule has 31 heavy (non-hydrogen) atoms. The molecule has 4 heteroatoms. The molecule has 0 bridgehead atoms. The summed E-state index contributed by atoms with van der Waals surface area (Å²) < 4.78 is 3.83. The van der Waals surface area contributed by atoms with Gasteiger partial charge in [-0.25, -0.2) is 0 Å². The predicted octanol–water partition coefficient (Wildman–Crippen LogP) is 9.50. The van der Waals surface area contributed by atoms with Crippen LogP contribution in [0, 0.1) is 0 Å². The Balaban J connectivity index is 1.57. The first kappa shape index (κ1) is 19.3. The third-order valence-corrected chi connectivity index (χ3v) is 8.79. The summed E-state index contributed by atoms with van der Waals surface area (Å²) >= 11 is 7.31. The van der Waals surface area contributed by atoms with Gasteiger partial charge < -0.3 is 4.90 Å². The van der Waals surface area contributed by atoms with Gasteiger partial charge in [0.15, 0.2) is 0 Å². The second-order valence-corrected chi connectivity index (χ2v) is 11.2. The van der Waals surface area contributed by atoms with Gasteiger partial charge in [0.1, 0.15) is 0 Å². The SMILES string of the molecule is CC1(C)c2cc(Br)ccc2-c2ccc(N(c3ccccc3)c3csc4ccsc34)cc21. The average Bonchev–Trinajstić information content (AvgIpc) is 3.44. The van der Waals surface area contributed by atoms with Crippen LogP contribution in [0.1, 0.15) is 25.0 Å². The molecule has 0 N–H and O–H groups in total. The Morgan fingerprint density at radius 2 is 1.52 bits per heavy atom. The number of benzene rings is 3. The smallest absolute Gasteiger partial charge is 0.0747 e. The summed E-state index contributed by atoms with van der Waals surface area (Å²) in [4.78, 5) is 2.41. The van der Waals surface area contributed by atoms with Crippen molar-refractivity contribution in [2.45, 2.75) is 19.3 Å². The Morgan fingerprint density at radius 3 is 2.32 bits per heavy atom. The minimum atomic E-state index is -0.0420. The maximum atomic E-state index is 3.67. The Hall–Kier alpha value is -2.40. The Kier molecular flexibility index (Phi) is 4.39. The molecule has 2 aromatic heterocycles. The number of fused-ring (bicyclic) bond motifs is 4. The third-order valence-electron chi connectivity index (χ3n) is 6.29. The molecule has 1 aliphatic carbocycles. The number of hydrogen-bond donors (Lipinski definition) is 0. The van der Waals surface area contributed by atoms with Gasteiger partial charge in [0.25, 0.3) is 0 Å². The largest absolute Gasteiger partial charge is 0.308 e. The van der Waals surface area contributed by atoms with E-state index in [0.717, 1.165) is 4.47 Å². The van der Waals surface area contributed by atoms with Crippen molar-refractivity contribution < 1.29 is 0 Å². The lowest BCUT2D eigenvalue weighted by Gasteiger charge is -2.27. The first-order valence-electron chi connectivity index (χ1n) is 10.3. The van der Waals surface area contributed by atoms with Gasteiger partial charge in [0, 0.05) is 31.3 Å². The van der Waals surface area contributed by atoms with Crippen LogP contribution in [-0.4, -0.2) is 0 Å². The van der Waals surface area contributed by atoms with E-state index in [1.165, 1.54) is 48.7 Å². The molecule has 0 amide bonds. The zero-order chi connectivity index (χ0) is 21.2. The second-order valence-electron chi connectivity index (χ2n) is 8.45. The molecule has 0 spiro atoms. The molecular weight excluding hydrogens is 482 g/mol. The number of halogens is 1. The van der Waals surface area contributed by atoms with Crippen LogP contribution in [0.5, 0.6) is 0 Å². The van der Waals surface area contributed by atoms with Gasteiger partial charge in [0.05, 0.1) is 10.4 Å². The Labute approximate surface area is 198 Å². The molecule has 0 fully saturated rings. The Morgan fingerprint density at radius 1 is 0.774 bits per heavy atom. The van der Waals surface area contributed by atoms with E-state index < -0.39 is 0 Å². The van der Waals surface area contributed by atoms with Gasteiger partial charge in [-0.2, -0.15) is 0 Å². The molecule has 0 atom stereocenters. The van der Waals surface area contributed by atoms with E-state index in [2.05, 4.69) is 118 Å². The van der Waals surface area contributed by atoms with Gasteiger partial charge in [-0.05, 0) is 70.1 Å². The van der Waals surface area contributed by atoms with E-state index in [-0.39, 0.29) is 5.41 Å². The molecule has 5 aromatic rings. The molecule has 2 heterocycles. The summed E-state index contributed by atoms with van der Waals surface area (Å²) in [5.74, 6) is 0. The number of anilines is 3. The molecule has 0 radical (unpaired) electrons. The van der Waals surface area contributed by atoms with Crippen molar-refractivity contribution in [3.63, 3.8) is 0 Å². The van der Waals surface area contributed by atoms with Crippen molar-refractivity contribution in [2.24, 2.45) is 0 Å². The first-order valence-corrected chi connectivity index (χ1v) is 12.8. The fraction of sp³-hybridized carbons (Fsp3) is 0.111. The van der Waals surface area contributed by atoms with Gasteiger partial charge in [-0.15, -0.1) is 22.7 Å². The number of para-hydroxylation sites is 1. The summed E-state index contributed by atoms with van der Waals surface area (Å²) in [6.45, 7) is 4.67. The summed E-state index contributed by atoms with van der Waals surface area (Å²) in [6.07, 6.45) is 0. The van der Waals surface area contributed by atoms with Crippen LogP contribution in [0.2, 0.25) is 0 Å². The van der Waals surface area contributed by atoms with E-state index in [0.29, 0.717) is 0 Å². The van der Waals surface area contributed by atoms with Gasteiger partial charge >= 0.3 is 0 Å². The van der Waals surface area contributed by atoms with Crippen LogP contribution in [0.15, 0.2) is 88.0 Å². The molecule has 152 valence electrons. The maximum Gasteiger partial charge on any atom is 0.0747 e. The number of rotatable bonds is 3. The van der Waals surface area contributed by atoms with Crippen LogP contribution >= 0.6 is 38.6 Å². The third kappa shape index (κ3) is 2.93. The lowest BCUT2D eigenvalue weighted by Crippen LogP contribution is -2.16. The number of hydrogen-bond acceptors (Lipinski definition) is 3. The molecule has 1 nitrogen and oxygen atoms in total. The fourth-order valence-corrected chi connectivity index (χ4v) is 7.17. The number of nitrogens with zero attached hydrogens (tertiary/aromatic N) is 1. The van der Waals surface area contributed by atoms with Crippen LogP contribution in [0.25, 0.3) is 20.5 Å². The van der Waals surface area contributed by atoms with Gasteiger partial charge in [-0.3, -0.25) is 0 Å². The maximum absolute atomic E-state index is 3.67. The van der Waals surface area contributed by atoms with Crippen molar-refractivity contribution in [2.75, 3.05) is 4.90 Å². The average molecular weight is 503 g/mol. The molecule has 0 saturated carbocycles. The van der Waals surface area contributed by atoms with Crippen molar-refractivity contribution in [1.29, 1.82) is 0 Å². The molecule has 0 aliphatic heterocycles. The predicted molar refractivity (Wildman–Crippen MR) is 140 cm³/mol. The molecule has 1 aliphatic rings. The van der Waals surface area contributed by atoms with Crippen molar-refractivity contribution in [1.82, 2.24) is 0 Å². The van der Waals surface area contributed by atoms with Crippen molar-refractivity contribution in [3.8, 4) is 11.1 Å². The standard InChI is InChI=1S/C27H20BrNS2/c1-27(2)22-14-17(28)8-10-20(22)21-11-9-19(15-23(21)27)29(18-6-4-3-5-7-18)24-16-31-25-12-13-30-26(24)25/h3-16H,1-2H3. The second kappa shape index (κ2) is 7.06. The summed E-state index contributed by atoms with van der Waals surface area (Å²) in [6, 6.07) is 26.6. The highest BCUT2D eigenvalue weighted by Gasteiger charge is 2.36. The van der Waals surface area contributed by atoms with E-state index in [4.69, 9.17) is 0 Å². The first-order chi connectivity index (χ1) is 15.0. The van der Waals surface area contributed by atoms with E-state index >= 15 is 0 Å². The highest BCUT2D eigenvalue weighted by Crippen LogP contribution is 2.52. The topological polar surface area (TPSA) is 3.24 Å². The zero-order valence-corrected chi connectivity index (χ0v) is 20.4. The van der Waals surface area contributed by atoms with Crippen LogP contribution in [0.4, 0.5) is 17.1 Å². The summed E-state index contributed by atoms with van der Waals surface area (Å²) in [5.41, 5.74) is 9.07. The zero-order valence-electron chi connectivity index (χ0n) is 17.2. The van der Waals surface area contributed by atoms with Gasteiger partial charge in [0.2, 0.25) is 0 Å². The summed E-state index contributed by atoms with van der Waals surface area (Å²) in [7, 11) is 0. The quantitative estimate of drug-likeness (QED) is 0.237. The number of thiophene rings is 2. The minimum Gasteiger partial charge on any atom is -0.308 e. The minimum absolute atomic E-state index is 0.0420. The molecule has 0 saturated heterocycles. The van der Waals surface area contributed by atoms with E-state index in [9.17, 15) is 0 Å². The molecule has 3 aromatic carbocycles. The van der Waals surface area contributed by atoms with Gasteiger partial charge in [-0.1, -0.05) is 60.1 Å². The highest BCUT2D eigenvalue weighted by atomic mass is 79.9. The molecular formula is C27H20BrNS2. The summed E-state index contributed by atoms with van der Waals surface area (Å²) in [5, 5.41) is 4.48. The van der Waals surface area contributed by atoms with E-state index in [1.807, 2.05) is 22.7 Å². The monoisotopic (exact) mass is 501 g/mol. The van der Waals surface area contributed by atoms with Crippen LogP contribution in [0.3, 0.4) is 0 Å². The van der Waals surface area contributed by atoms with Crippen molar-refractivity contribution in [3.05, 3.63) is 99.2 Å². The lowest BCUT2D eigenvalue weighted by atomic mass is 9.82. The highest BCUT2D eigenvalue weighted by molar-refractivity contribution is 9.10. The normalized spacial score (nSPS) is 13.9. The molecule has 0 unspecified atom stereocenters.